The molecule has 16 heavy (non-hydrogen) atoms. The fraction of sp³-hybridized carbons (Fsp3) is 0.462. The maximum atomic E-state index is 5.94. The smallest absolute Gasteiger partial charge is 0.195 e. The van der Waals surface area contributed by atoms with Crippen molar-refractivity contribution in [3.05, 3.63) is 29.7 Å². The predicted molar refractivity (Wildman–Crippen MR) is 65.3 cm³/mol. The van der Waals surface area contributed by atoms with Crippen molar-refractivity contribution in [2.45, 2.75) is 39.2 Å². The number of oxazole rings is 1. The summed E-state index contributed by atoms with van der Waals surface area (Å²) in [6.45, 7) is 6.07. The molecule has 0 aliphatic heterocycles. The van der Waals surface area contributed by atoms with E-state index in [1.165, 1.54) is 0 Å². The minimum absolute atomic E-state index is 0.171. The van der Waals surface area contributed by atoms with E-state index >= 15 is 0 Å². The first-order valence-corrected chi connectivity index (χ1v) is 5.60. The molecule has 3 nitrogen and oxygen atoms in total. The van der Waals surface area contributed by atoms with Crippen molar-refractivity contribution in [2.75, 3.05) is 0 Å². The highest BCUT2D eigenvalue weighted by molar-refractivity contribution is 5.76. The average molecular weight is 218 g/mol. The maximum Gasteiger partial charge on any atom is 0.195 e. The quantitative estimate of drug-likeness (QED) is 0.861. The third kappa shape index (κ3) is 2.42. The Morgan fingerprint density at radius 3 is 2.75 bits per heavy atom. The highest BCUT2D eigenvalue weighted by Crippen LogP contribution is 2.20. The number of hydrogen-bond donors (Lipinski definition) is 1. The Bertz CT molecular complexity index is 494. The van der Waals surface area contributed by atoms with Crippen LogP contribution in [0.2, 0.25) is 0 Å². The number of benzene rings is 1. The summed E-state index contributed by atoms with van der Waals surface area (Å²) in [5.74, 6) is 0.780. The number of rotatable bonds is 3. The number of para-hydroxylation sites is 1. The van der Waals surface area contributed by atoms with E-state index in [0.29, 0.717) is 0 Å². The summed E-state index contributed by atoms with van der Waals surface area (Å²) in [5, 5.41) is 0. The van der Waals surface area contributed by atoms with E-state index in [9.17, 15) is 0 Å². The van der Waals surface area contributed by atoms with Crippen LogP contribution in [0.25, 0.3) is 11.1 Å². The number of fused-ring (bicyclic) bond motifs is 1. The van der Waals surface area contributed by atoms with Gasteiger partial charge in [0.1, 0.15) is 5.52 Å². The summed E-state index contributed by atoms with van der Waals surface area (Å²) in [4.78, 5) is 4.49. The fourth-order valence-corrected chi connectivity index (χ4v) is 1.67. The SMILES string of the molecule is Cc1cccc2oc(CCC(C)(C)N)nc12. The lowest BCUT2D eigenvalue weighted by Crippen LogP contribution is -2.32. The summed E-state index contributed by atoms with van der Waals surface area (Å²) < 4.78 is 5.68. The standard InChI is InChI=1S/C13H18N2O/c1-9-5-4-6-10-12(9)15-11(16-10)7-8-13(2,3)14/h4-6H,7-8,14H2,1-3H3. The summed E-state index contributed by atoms with van der Waals surface area (Å²) >= 11 is 0. The number of aromatic nitrogens is 1. The van der Waals surface area contributed by atoms with Gasteiger partial charge < -0.3 is 10.2 Å². The molecule has 0 amide bonds. The zero-order chi connectivity index (χ0) is 11.8. The molecule has 2 aromatic rings. The lowest BCUT2D eigenvalue weighted by Gasteiger charge is -2.16. The first-order valence-electron chi connectivity index (χ1n) is 5.60. The van der Waals surface area contributed by atoms with Crippen LogP contribution in [0, 0.1) is 6.92 Å². The van der Waals surface area contributed by atoms with Crippen molar-refractivity contribution < 1.29 is 4.42 Å². The summed E-state index contributed by atoms with van der Waals surface area (Å²) in [6.07, 6.45) is 1.66. The first-order chi connectivity index (χ1) is 7.46. The lowest BCUT2D eigenvalue weighted by atomic mass is 10.0. The zero-order valence-corrected chi connectivity index (χ0v) is 10.1. The second kappa shape index (κ2) is 3.91. The van der Waals surface area contributed by atoms with Crippen LogP contribution in [0.3, 0.4) is 0 Å². The zero-order valence-electron chi connectivity index (χ0n) is 10.1. The summed E-state index contributed by atoms with van der Waals surface area (Å²) in [5.41, 5.74) is 8.75. The predicted octanol–water partition coefficient (Wildman–Crippen LogP) is 2.81. The van der Waals surface area contributed by atoms with Crippen LogP contribution in [0.5, 0.6) is 0 Å². The molecule has 1 aromatic heterocycles. The Morgan fingerprint density at radius 1 is 1.38 bits per heavy atom. The molecule has 0 radical (unpaired) electrons. The van der Waals surface area contributed by atoms with Gasteiger partial charge in [0.05, 0.1) is 0 Å². The van der Waals surface area contributed by atoms with Crippen LogP contribution in [0.1, 0.15) is 31.7 Å². The van der Waals surface area contributed by atoms with Crippen molar-refractivity contribution in [1.82, 2.24) is 4.98 Å². The van der Waals surface area contributed by atoms with Crippen LogP contribution in [0.4, 0.5) is 0 Å². The molecule has 0 fully saturated rings. The molecule has 1 heterocycles. The van der Waals surface area contributed by atoms with Crippen LogP contribution in [-0.4, -0.2) is 10.5 Å². The van der Waals surface area contributed by atoms with Crippen LogP contribution < -0.4 is 5.73 Å². The summed E-state index contributed by atoms with van der Waals surface area (Å²) in [6, 6.07) is 5.98. The monoisotopic (exact) mass is 218 g/mol. The molecule has 0 spiro atoms. The molecular formula is C13H18N2O. The van der Waals surface area contributed by atoms with Gasteiger partial charge in [-0.15, -0.1) is 0 Å². The van der Waals surface area contributed by atoms with Gasteiger partial charge in [0, 0.05) is 12.0 Å². The largest absolute Gasteiger partial charge is 0.441 e. The third-order valence-electron chi connectivity index (χ3n) is 2.65. The average Bonchev–Trinajstić information content (AvgIpc) is 2.58. The Morgan fingerprint density at radius 2 is 2.12 bits per heavy atom. The second-order valence-corrected chi connectivity index (χ2v) is 5.02. The highest BCUT2D eigenvalue weighted by Gasteiger charge is 2.13. The third-order valence-corrected chi connectivity index (χ3v) is 2.65. The van der Waals surface area contributed by atoms with Crippen molar-refractivity contribution in [2.24, 2.45) is 5.73 Å². The molecule has 0 unspecified atom stereocenters. The molecule has 86 valence electrons. The molecular weight excluding hydrogens is 200 g/mol. The lowest BCUT2D eigenvalue weighted by molar-refractivity contribution is 0.435. The molecule has 0 aliphatic rings. The van der Waals surface area contributed by atoms with Gasteiger partial charge in [-0.2, -0.15) is 0 Å². The van der Waals surface area contributed by atoms with Gasteiger partial charge in [0.25, 0.3) is 0 Å². The van der Waals surface area contributed by atoms with Crippen molar-refractivity contribution in [3.8, 4) is 0 Å². The van der Waals surface area contributed by atoms with Crippen LogP contribution in [-0.2, 0) is 6.42 Å². The Kier molecular flexibility index (Phi) is 2.72. The first kappa shape index (κ1) is 11.1. The van der Waals surface area contributed by atoms with E-state index in [1.807, 2.05) is 39.0 Å². The normalized spacial score (nSPS) is 12.2. The molecule has 3 heteroatoms. The van der Waals surface area contributed by atoms with Gasteiger partial charge in [-0.3, -0.25) is 0 Å². The molecule has 0 aliphatic carbocycles. The van der Waals surface area contributed by atoms with Gasteiger partial charge in [-0.05, 0) is 38.8 Å². The second-order valence-electron chi connectivity index (χ2n) is 5.02. The minimum atomic E-state index is -0.171. The van der Waals surface area contributed by atoms with E-state index in [-0.39, 0.29) is 5.54 Å². The Balaban J connectivity index is 2.24. The molecule has 0 bridgehead atoms. The van der Waals surface area contributed by atoms with E-state index in [2.05, 4.69) is 4.98 Å². The van der Waals surface area contributed by atoms with Crippen molar-refractivity contribution in [1.29, 1.82) is 0 Å². The fourth-order valence-electron chi connectivity index (χ4n) is 1.67. The van der Waals surface area contributed by atoms with Crippen LogP contribution >= 0.6 is 0 Å². The van der Waals surface area contributed by atoms with E-state index in [4.69, 9.17) is 10.2 Å². The topological polar surface area (TPSA) is 52.0 Å². The van der Waals surface area contributed by atoms with Crippen LogP contribution in [0.15, 0.2) is 22.6 Å². The Labute approximate surface area is 95.7 Å². The maximum absolute atomic E-state index is 5.94. The van der Waals surface area contributed by atoms with Gasteiger partial charge in [0.15, 0.2) is 11.5 Å². The van der Waals surface area contributed by atoms with Gasteiger partial charge in [-0.1, -0.05) is 12.1 Å². The van der Waals surface area contributed by atoms with Gasteiger partial charge in [-0.25, -0.2) is 4.98 Å². The Hall–Kier alpha value is -1.35. The number of nitrogens with zero attached hydrogens (tertiary/aromatic N) is 1. The van der Waals surface area contributed by atoms with Gasteiger partial charge >= 0.3 is 0 Å². The van der Waals surface area contributed by atoms with Gasteiger partial charge in [0.2, 0.25) is 0 Å². The van der Waals surface area contributed by atoms with Crippen molar-refractivity contribution in [3.63, 3.8) is 0 Å². The van der Waals surface area contributed by atoms with E-state index < -0.39 is 0 Å². The molecule has 2 rings (SSSR count). The molecule has 0 atom stereocenters. The molecule has 1 aromatic carbocycles. The molecule has 2 N–H and O–H groups in total. The van der Waals surface area contributed by atoms with E-state index in [1.54, 1.807) is 0 Å². The summed E-state index contributed by atoms with van der Waals surface area (Å²) in [7, 11) is 0. The molecule has 0 saturated carbocycles. The molecule has 0 saturated heterocycles. The number of aryl methyl sites for hydroxylation is 2. The van der Waals surface area contributed by atoms with Crippen molar-refractivity contribution >= 4 is 11.1 Å². The number of hydrogen-bond acceptors (Lipinski definition) is 3. The number of nitrogens with two attached hydrogens (primary N) is 1. The van der Waals surface area contributed by atoms with E-state index in [0.717, 1.165) is 35.4 Å². The minimum Gasteiger partial charge on any atom is -0.441 e. The highest BCUT2D eigenvalue weighted by atomic mass is 16.3.